The van der Waals surface area contributed by atoms with Crippen molar-refractivity contribution in [2.45, 2.75) is 25.7 Å². The molecule has 0 saturated carbocycles. The van der Waals surface area contributed by atoms with Crippen molar-refractivity contribution in [1.29, 1.82) is 0 Å². The lowest BCUT2D eigenvalue weighted by Gasteiger charge is -2.31. The number of carbonyl (C=O) groups excluding carboxylic acids is 2. The zero-order valence-electron chi connectivity index (χ0n) is 22.4. The zero-order chi connectivity index (χ0) is 28.2. The molecule has 10 heteroatoms. The number of aryl methyl sites for hydroxylation is 2. The molecule has 208 valence electrons. The highest BCUT2D eigenvalue weighted by atomic mass is 35.5. The van der Waals surface area contributed by atoms with Crippen molar-refractivity contribution in [3.8, 4) is 0 Å². The molecular formula is C31H30ClN7O2. The second-order valence-corrected chi connectivity index (χ2v) is 10.7. The second-order valence-electron chi connectivity index (χ2n) is 10.3. The fourth-order valence-electron chi connectivity index (χ4n) is 5.17. The van der Waals surface area contributed by atoms with E-state index in [-0.39, 0.29) is 17.9 Å². The summed E-state index contributed by atoms with van der Waals surface area (Å²) in [7, 11) is 0. The largest absolute Gasteiger partial charge is 0.339 e. The van der Waals surface area contributed by atoms with Crippen LogP contribution in [0.1, 0.15) is 24.0 Å². The second kappa shape index (κ2) is 11.9. The zero-order valence-corrected chi connectivity index (χ0v) is 23.1. The Labute approximate surface area is 243 Å². The van der Waals surface area contributed by atoms with E-state index in [2.05, 4.69) is 43.4 Å². The molecule has 1 aromatic heterocycles. The van der Waals surface area contributed by atoms with E-state index in [0.29, 0.717) is 42.7 Å². The lowest BCUT2D eigenvalue weighted by molar-refractivity contribution is -0.121. The molecular weight excluding hydrogens is 538 g/mol. The molecule has 4 aromatic rings. The first kappa shape index (κ1) is 26.6. The molecule has 9 nitrogen and oxygen atoms in total. The van der Waals surface area contributed by atoms with E-state index >= 15 is 0 Å². The number of urea groups is 1. The van der Waals surface area contributed by atoms with Crippen LogP contribution in [0.4, 0.5) is 39.3 Å². The summed E-state index contributed by atoms with van der Waals surface area (Å²) in [5.74, 6) is 0.741. The molecule has 1 fully saturated rings. The predicted molar refractivity (Wildman–Crippen MR) is 162 cm³/mol. The molecule has 0 spiro atoms. The molecule has 1 saturated heterocycles. The van der Waals surface area contributed by atoms with Crippen molar-refractivity contribution in [1.82, 2.24) is 14.9 Å². The van der Waals surface area contributed by atoms with Crippen LogP contribution in [0, 0.1) is 5.92 Å². The van der Waals surface area contributed by atoms with Gasteiger partial charge in [-0.15, -0.1) is 0 Å². The summed E-state index contributed by atoms with van der Waals surface area (Å²) in [4.78, 5) is 36.6. The smallest absolute Gasteiger partial charge is 0.321 e. The van der Waals surface area contributed by atoms with Crippen LogP contribution >= 0.6 is 11.6 Å². The number of para-hydroxylation sites is 1. The van der Waals surface area contributed by atoms with Crippen molar-refractivity contribution in [2.24, 2.45) is 5.92 Å². The van der Waals surface area contributed by atoms with Gasteiger partial charge in [-0.25, -0.2) is 9.78 Å². The number of hydrogen-bond acceptors (Lipinski definition) is 6. The van der Waals surface area contributed by atoms with Gasteiger partial charge in [0.2, 0.25) is 11.9 Å². The summed E-state index contributed by atoms with van der Waals surface area (Å²) >= 11 is 6.39. The predicted octanol–water partition coefficient (Wildman–Crippen LogP) is 6.60. The van der Waals surface area contributed by atoms with Crippen molar-refractivity contribution in [3.63, 3.8) is 0 Å². The first-order valence-corrected chi connectivity index (χ1v) is 14.1. The molecule has 0 radical (unpaired) electrons. The van der Waals surface area contributed by atoms with E-state index in [9.17, 15) is 9.59 Å². The first-order chi connectivity index (χ1) is 20.0. The number of aromatic nitrogens is 2. The average Bonchev–Trinajstić information content (AvgIpc) is 2.99. The molecule has 6 bridgehead atoms. The summed E-state index contributed by atoms with van der Waals surface area (Å²) in [5, 5.41) is 13.0. The number of amides is 3. The monoisotopic (exact) mass is 567 g/mol. The Kier molecular flexibility index (Phi) is 7.69. The molecule has 2 aliphatic rings. The van der Waals surface area contributed by atoms with Gasteiger partial charge in [0, 0.05) is 41.8 Å². The van der Waals surface area contributed by atoms with Crippen molar-refractivity contribution < 1.29 is 9.59 Å². The van der Waals surface area contributed by atoms with Gasteiger partial charge in [-0.2, -0.15) is 4.98 Å². The minimum atomic E-state index is -0.170. The Morgan fingerprint density at radius 1 is 0.878 bits per heavy atom. The van der Waals surface area contributed by atoms with Crippen LogP contribution in [0.2, 0.25) is 5.02 Å². The van der Waals surface area contributed by atoms with Crippen molar-refractivity contribution in [2.75, 3.05) is 34.4 Å². The highest BCUT2D eigenvalue weighted by Gasteiger charge is 2.28. The first-order valence-electron chi connectivity index (χ1n) is 13.7. The van der Waals surface area contributed by atoms with Gasteiger partial charge in [0.1, 0.15) is 5.02 Å². The van der Waals surface area contributed by atoms with Gasteiger partial charge in [-0.3, -0.25) is 4.79 Å². The van der Waals surface area contributed by atoms with Crippen LogP contribution in [0.15, 0.2) is 79.0 Å². The van der Waals surface area contributed by atoms with Crippen LogP contribution in [0.5, 0.6) is 0 Å². The molecule has 0 unspecified atom stereocenters. The van der Waals surface area contributed by atoms with E-state index in [1.54, 1.807) is 11.1 Å². The highest BCUT2D eigenvalue weighted by molar-refractivity contribution is 6.32. The number of halogens is 1. The maximum absolute atomic E-state index is 13.3. The van der Waals surface area contributed by atoms with Crippen molar-refractivity contribution >= 4 is 58.1 Å². The molecule has 2 aliphatic heterocycles. The fourth-order valence-corrected chi connectivity index (χ4v) is 5.31. The number of rotatable bonds is 3. The number of carbonyl (C=O) groups is 2. The number of benzene rings is 3. The standard InChI is InChI=1S/C31H30ClN7O2/c32-26-19-33-30-35-24-8-4-5-20(17-24)9-10-22-18-25(34-28(26)38-30)11-12-27(22)37-29(40)21-13-15-39(16-14-21)31(41)36-23-6-2-1-3-7-23/h1-8,11-12,17-19,21H,9-10,13-16H2,(H,36,41)(H,37,40)(H2,33,34,35,38). The average molecular weight is 568 g/mol. The number of nitrogens with one attached hydrogen (secondary N) is 4. The van der Waals surface area contributed by atoms with Gasteiger partial charge in [0.15, 0.2) is 5.82 Å². The summed E-state index contributed by atoms with van der Waals surface area (Å²) in [6, 6.07) is 23.2. The Balaban J connectivity index is 1.16. The number of piperidine rings is 1. The molecule has 0 atom stereocenters. The van der Waals surface area contributed by atoms with E-state index in [1.165, 1.54) is 0 Å². The minimum absolute atomic E-state index is 0.0253. The van der Waals surface area contributed by atoms with Crippen LogP contribution in [-0.2, 0) is 17.6 Å². The third kappa shape index (κ3) is 6.41. The third-order valence-corrected chi connectivity index (χ3v) is 7.69. The molecule has 6 rings (SSSR count). The fraction of sp³-hybridized carbons (Fsp3) is 0.226. The number of anilines is 6. The Morgan fingerprint density at radius 2 is 1.68 bits per heavy atom. The van der Waals surface area contributed by atoms with Gasteiger partial charge in [-0.1, -0.05) is 41.9 Å². The number of likely N-dealkylation sites (tertiary alicyclic amines) is 1. The highest BCUT2D eigenvalue weighted by Crippen LogP contribution is 2.30. The van der Waals surface area contributed by atoms with E-state index < -0.39 is 0 Å². The lowest BCUT2D eigenvalue weighted by atomic mass is 9.95. The molecule has 3 amide bonds. The van der Waals surface area contributed by atoms with E-state index in [4.69, 9.17) is 11.6 Å². The van der Waals surface area contributed by atoms with Crippen LogP contribution in [0.3, 0.4) is 0 Å². The van der Waals surface area contributed by atoms with Gasteiger partial charge >= 0.3 is 6.03 Å². The third-order valence-electron chi connectivity index (χ3n) is 7.41. The SMILES string of the molecule is O=C(Nc1ccc2cc1CCc1cccc(c1)Nc1ncc(Cl)c(n1)N2)C1CCN(C(=O)Nc2ccccc2)CC1. The quantitative estimate of drug-likeness (QED) is 0.222. The molecule has 3 aromatic carbocycles. The topological polar surface area (TPSA) is 111 Å². The van der Waals surface area contributed by atoms with E-state index in [1.807, 2.05) is 60.7 Å². The van der Waals surface area contributed by atoms with Gasteiger partial charge in [0.25, 0.3) is 0 Å². The Morgan fingerprint density at radius 3 is 2.51 bits per heavy atom. The molecule has 41 heavy (non-hydrogen) atoms. The Hall–Kier alpha value is -4.63. The lowest BCUT2D eigenvalue weighted by Crippen LogP contribution is -2.43. The minimum Gasteiger partial charge on any atom is -0.339 e. The summed E-state index contributed by atoms with van der Waals surface area (Å²) in [5.41, 5.74) is 5.40. The number of nitrogens with zero attached hydrogens (tertiary/aromatic N) is 3. The molecule has 3 heterocycles. The van der Waals surface area contributed by atoms with E-state index in [0.717, 1.165) is 46.7 Å². The molecule has 4 N–H and O–H groups in total. The molecule has 0 aliphatic carbocycles. The number of hydrogen-bond donors (Lipinski definition) is 4. The van der Waals surface area contributed by atoms with Crippen molar-refractivity contribution in [3.05, 3.63) is 95.1 Å². The van der Waals surface area contributed by atoms with Gasteiger partial charge < -0.3 is 26.2 Å². The maximum atomic E-state index is 13.3. The van der Waals surface area contributed by atoms with Crippen LogP contribution in [0.25, 0.3) is 0 Å². The summed E-state index contributed by atoms with van der Waals surface area (Å²) in [6.07, 6.45) is 4.29. The van der Waals surface area contributed by atoms with Crippen LogP contribution in [-0.4, -0.2) is 39.9 Å². The van der Waals surface area contributed by atoms with Crippen LogP contribution < -0.4 is 21.3 Å². The van der Waals surface area contributed by atoms with Gasteiger partial charge in [0.05, 0.1) is 6.20 Å². The maximum Gasteiger partial charge on any atom is 0.321 e. The summed E-state index contributed by atoms with van der Waals surface area (Å²) in [6.45, 7) is 1.05. The number of fused-ring (bicyclic) bond motifs is 6. The summed E-state index contributed by atoms with van der Waals surface area (Å²) < 4.78 is 0. The Bertz CT molecular complexity index is 1570. The normalized spacial score (nSPS) is 14.8. The van der Waals surface area contributed by atoms with Gasteiger partial charge in [-0.05, 0) is 79.3 Å².